The second-order valence-electron chi connectivity index (χ2n) is 6.65. The van der Waals surface area contributed by atoms with Gasteiger partial charge in [-0.3, -0.25) is 4.79 Å². The Bertz CT molecular complexity index is 1200. The number of hydrogen-bond acceptors (Lipinski definition) is 6. The molecule has 0 saturated carbocycles. The number of nitrogens with zero attached hydrogens (tertiary/aromatic N) is 3. The summed E-state index contributed by atoms with van der Waals surface area (Å²) in [6, 6.07) is 10.9. The van der Waals surface area contributed by atoms with Gasteiger partial charge in [0.15, 0.2) is 0 Å². The molecule has 0 aliphatic rings. The van der Waals surface area contributed by atoms with Crippen molar-refractivity contribution in [2.45, 2.75) is 20.4 Å². The van der Waals surface area contributed by atoms with Crippen molar-refractivity contribution in [2.24, 2.45) is 0 Å². The minimum Gasteiger partial charge on any atom is -0.495 e. The van der Waals surface area contributed by atoms with Crippen LogP contribution in [0.4, 0.5) is 5.69 Å². The number of halogens is 1. The van der Waals surface area contributed by atoms with E-state index in [9.17, 15) is 4.79 Å². The molecule has 0 atom stereocenters. The molecule has 4 aromatic rings. The second kappa shape index (κ2) is 8.33. The molecule has 30 heavy (non-hydrogen) atoms. The highest BCUT2D eigenvalue weighted by Crippen LogP contribution is 2.31. The number of hydrogen-bond donors (Lipinski definition) is 1. The maximum absolute atomic E-state index is 12.7. The van der Waals surface area contributed by atoms with E-state index in [2.05, 4.69) is 15.5 Å². The van der Waals surface area contributed by atoms with Crippen LogP contribution in [0.5, 0.6) is 5.75 Å². The predicted molar refractivity (Wildman–Crippen MR) is 117 cm³/mol. The Labute approximate surface area is 182 Å². The van der Waals surface area contributed by atoms with Crippen molar-refractivity contribution < 1.29 is 13.9 Å². The third-order valence-corrected chi connectivity index (χ3v) is 5.79. The fourth-order valence-corrected chi connectivity index (χ4v) is 4.02. The van der Waals surface area contributed by atoms with Crippen molar-refractivity contribution in [1.29, 1.82) is 0 Å². The van der Waals surface area contributed by atoms with Crippen molar-refractivity contribution in [3.63, 3.8) is 0 Å². The van der Waals surface area contributed by atoms with Crippen LogP contribution in [-0.2, 0) is 11.3 Å². The number of thiophene rings is 1. The molecular formula is C21H19ClN4O3S. The quantitative estimate of drug-likeness (QED) is 0.444. The van der Waals surface area contributed by atoms with Gasteiger partial charge in [0.1, 0.15) is 12.3 Å². The first-order chi connectivity index (χ1) is 14.5. The summed E-state index contributed by atoms with van der Waals surface area (Å²) >= 11 is 7.58. The summed E-state index contributed by atoms with van der Waals surface area (Å²) in [5, 5.41) is 13.6. The van der Waals surface area contributed by atoms with E-state index in [-0.39, 0.29) is 12.5 Å². The summed E-state index contributed by atoms with van der Waals surface area (Å²) in [5.74, 6) is 1.25. The van der Waals surface area contributed by atoms with Crippen LogP contribution in [0.25, 0.3) is 22.2 Å². The molecule has 1 N–H and O–H groups in total. The molecular weight excluding hydrogens is 424 g/mol. The van der Waals surface area contributed by atoms with Gasteiger partial charge in [-0.25, -0.2) is 0 Å². The first-order valence-electron chi connectivity index (χ1n) is 9.14. The number of benzene rings is 1. The van der Waals surface area contributed by atoms with Gasteiger partial charge in [-0.1, -0.05) is 17.7 Å². The third-order valence-electron chi connectivity index (χ3n) is 4.70. The van der Waals surface area contributed by atoms with Gasteiger partial charge >= 0.3 is 0 Å². The normalized spacial score (nSPS) is 10.9. The van der Waals surface area contributed by atoms with Crippen LogP contribution in [0.3, 0.4) is 0 Å². The van der Waals surface area contributed by atoms with Gasteiger partial charge in [-0.2, -0.15) is 0 Å². The largest absolute Gasteiger partial charge is 0.495 e. The Balaban J connectivity index is 1.56. The van der Waals surface area contributed by atoms with Crippen LogP contribution < -0.4 is 10.1 Å². The van der Waals surface area contributed by atoms with E-state index in [0.29, 0.717) is 28.2 Å². The van der Waals surface area contributed by atoms with E-state index in [1.807, 2.05) is 42.0 Å². The Morgan fingerprint density at radius 1 is 1.23 bits per heavy atom. The fraction of sp³-hybridized carbons (Fsp3) is 0.190. The lowest BCUT2D eigenvalue weighted by atomic mass is 10.2. The van der Waals surface area contributed by atoms with Gasteiger partial charge in [0.2, 0.25) is 11.8 Å². The summed E-state index contributed by atoms with van der Waals surface area (Å²) in [6.07, 6.45) is 0. The van der Waals surface area contributed by atoms with Crippen molar-refractivity contribution in [3.05, 3.63) is 58.2 Å². The minimum absolute atomic E-state index is 0.124. The van der Waals surface area contributed by atoms with Crippen LogP contribution in [0.15, 0.2) is 46.2 Å². The Hall–Kier alpha value is -3.10. The molecule has 1 amide bonds. The van der Waals surface area contributed by atoms with E-state index in [1.165, 1.54) is 11.3 Å². The SMILES string of the molecule is COc1ccc(Cl)cc1NC(=O)Cn1c(C)cc(-c2nnc(-c3cccs3)o2)c1C. The maximum atomic E-state index is 12.7. The molecule has 0 fully saturated rings. The topological polar surface area (TPSA) is 82.2 Å². The number of aryl methyl sites for hydroxylation is 1. The Kier molecular flexibility index (Phi) is 5.61. The molecule has 154 valence electrons. The monoisotopic (exact) mass is 442 g/mol. The van der Waals surface area contributed by atoms with Crippen molar-refractivity contribution >= 4 is 34.5 Å². The first-order valence-corrected chi connectivity index (χ1v) is 10.4. The zero-order valence-electron chi connectivity index (χ0n) is 16.6. The van der Waals surface area contributed by atoms with Crippen molar-refractivity contribution in [2.75, 3.05) is 12.4 Å². The van der Waals surface area contributed by atoms with Crippen molar-refractivity contribution in [3.8, 4) is 28.0 Å². The molecule has 0 unspecified atom stereocenters. The van der Waals surface area contributed by atoms with E-state index < -0.39 is 0 Å². The van der Waals surface area contributed by atoms with Crippen LogP contribution in [-0.4, -0.2) is 27.8 Å². The molecule has 0 aliphatic carbocycles. The molecule has 3 heterocycles. The lowest BCUT2D eigenvalue weighted by molar-refractivity contribution is -0.116. The molecule has 0 saturated heterocycles. The Morgan fingerprint density at radius 2 is 2.03 bits per heavy atom. The molecule has 7 nitrogen and oxygen atoms in total. The number of ether oxygens (including phenoxy) is 1. The van der Waals surface area contributed by atoms with Gasteiger partial charge in [-0.05, 0) is 49.6 Å². The molecule has 4 rings (SSSR count). The van der Waals surface area contributed by atoms with Crippen LogP contribution >= 0.6 is 22.9 Å². The van der Waals surface area contributed by atoms with Crippen LogP contribution in [0, 0.1) is 13.8 Å². The van der Waals surface area contributed by atoms with E-state index >= 15 is 0 Å². The maximum Gasteiger partial charge on any atom is 0.258 e. The highest BCUT2D eigenvalue weighted by molar-refractivity contribution is 7.13. The zero-order valence-corrected chi connectivity index (χ0v) is 18.2. The summed E-state index contributed by atoms with van der Waals surface area (Å²) in [7, 11) is 1.54. The minimum atomic E-state index is -0.200. The van der Waals surface area contributed by atoms with Crippen LogP contribution in [0.1, 0.15) is 11.4 Å². The second-order valence-corrected chi connectivity index (χ2v) is 8.04. The molecule has 1 aromatic carbocycles. The molecule has 0 spiro atoms. The summed E-state index contributed by atoms with van der Waals surface area (Å²) in [4.78, 5) is 13.6. The highest BCUT2D eigenvalue weighted by atomic mass is 35.5. The van der Waals surface area contributed by atoms with Crippen LogP contribution in [0.2, 0.25) is 5.02 Å². The third kappa shape index (κ3) is 3.96. The lowest BCUT2D eigenvalue weighted by Crippen LogP contribution is -2.20. The van der Waals surface area contributed by atoms with Crippen molar-refractivity contribution in [1.82, 2.24) is 14.8 Å². The number of carbonyl (C=O) groups excluding carboxylic acids is 1. The van der Waals surface area contributed by atoms with Gasteiger partial charge in [0.25, 0.3) is 5.89 Å². The van der Waals surface area contributed by atoms with Gasteiger partial charge in [0.05, 0.1) is 23.2 Å². The number of rotatable bonds is 6. The first kappa shape index (κ1) is 20.2. The average molecular weight is 443 g/mol. The molecule has 0 radical (unpaired) electrons. The summed E-state index contributed by atoms with van der Waals surface area (Å²) < 4.78 is 13.0. The zero-order chi connectivity index (χ0) is 21.3. The lowest BCUT2D eigenvalue weighted by Gasteiger charge is -2.13. The summed E-state index contributed by atoms with van der Waals surface area (Å²) in [5.41, 5.74) is 3.10. The van der Waals surface area contributed by atoms with Gasteiger partial charge < -0.3 is 19.0 Å². The average Bonchev–Trinajstić information content (AvgIpc) is 3.45. The predicted octanol–water partition coefficient (Wildman–Crippen LogP) is 5.18. The van der Waals surface area contributed by atoms with Gasteiger partial charge in [-0.15, -0.1) is 21.5 Å². The number of methoxy groups -OCH3 is 1. The molecule has 9 heteroatoms. The molecule has 0 aliphatic heterocycles. The molecule has 0 bridgehead atoms. The highest BCUT2D eigenvalue weighted by Gasteiger charge is 2.19. The molecule has 3 aromatic heterocycles. The smallest absolute Gasteiger partial charge is 0.258 e. The van der Waals surface area contributed by atoms with E-state index in [1.54, 1.807) is 25.3 Å². The number of aromatic nitrogens is 3. The standard InChI is InChI=1S/C21H19ClN4O3S/c1-12-9-15(20-24-25-21(29-20)18-5-4-8-30-18)13(2)26(12)11-19(27)23-16-10-14(22)6-7-17(16)28-3/h4-10H,11H2,1-3H3,(H,23,27). The van der Waals surface area contributed by atoms with Gasteiger partial charge in [0, 0.05) is 16.4 Å². The number of anilines is 1. The van der Waals surface area contributed by atoms with E-state index in [4.69, 9.17) is 20.8 Å². The Morgan fingerprint density at radius 3 is 2.77 bits per heavy atom. The fourth-order valence-electron chi connectivity index (χ4n) is 3.20. The number of amides is 1. The van der Waals surface area contributed by atoms with E-state index in [0.717, 1.165) is 21.8 Å². The summed E-state index contributed by atoms with van der Waals surface area (Å²) in [6.45, 7) is 3.98. The number of carbonyl (C=O) groups is 1. The number of nitrogens with one attached hydrogen (secondary N) is 1.